The first-order chi connectivity index (χ1) is 33.5. The fraction of sp³-hybridized carbons (Fsp3) is 0.855. The molecule has 0 rings (SSSR count). The van der Waals surface area contributed by atoms with Gasteiger partial charge in [0.2, 0.25) is 0 Å². The van der Waals surface area contributed by atoms with E-state index in [0.29, 0.717) is 19.3 Å². The third-order valence-corrected chi connectivity index (χ3v) is 13.4. The monoisotopic (exact) mass is 955 g/mol. The summed E-state index contributed by atoms with van der Waals surface area (Å²) >= 11 is 0. The van der Waals surface area contributed by atoms with Crippen LogP contribution in [-0.4, -0.2) is 37.2 Å². The van der Waals surface area contributed by atoms with Gasteiger partial charge in [0.1, 0.15) is 13.2 Å². The quantitative estimate of drug-likeness (QED) is 0.0262. The number of hydrogen-bond acceptors (Lipinski definition) is 6. The minimum Gasteiger partial charge on any atom is -0.462 e. The van der Waals surface area contributed by atoms with Gasteiger partial charge in [-0.3, -0.25) is 14.4 Å². The maximum absolute atomic E-state index is 12.8. The summed E-state index contributed by atoms with van der Waals surface area (Å²) in [7, 11) is 0. The summed E-state index contributed by atoms with van der Waals surface area (Å²) in [6, 6.07) is 0. The van der Waals surface area contributed by atoms with Gasteiger partial charge in [-0.1, -0.05) is 263 Å². The molecule has 68 heavy (non-hydrogen) atoms. The van der Waals surface area contributed by atoms with Crippen LogP contribution in [0.4, 0.5) is 0 Å². The molecule has 0 saturated heterocycles. The Labute approximate surface area is 423 Å². The van der Waals surface area contributed by atoms with Crippen molar-refractivity contribution in [1.82, 2.24) is 0 Å². The molecule has 0 amide bonds. The Hall–Kier alpha value is -2.37. The van der Waals surface area contributed by atoms with Crippen LogP contribution in [0, 0.1) is 0 Å². The molecule has 0 aliphatic rings. The number of allylic oxidation sites excluding steroid dienone is 6. The van der Waals surface area contributed by atoms with Gasteiger partial charge in [-0.2, -0.15) is 0 Å². The predicted octanol–water partition coefficient (Wildman–Crippen LogP) is 20.0. The van der Waals surface area contributed by atoms with Gasteiger partial charge in [-0.25, -0.2) is 0 Å². The SMILES string of the molecule is CCCCCCC/C=C\C/C=C\CCCCCCCCCCCCCCCCCC(=O)OCC(COC(=O)CCCCCCCCCCC)OC(=O)CCCCCCC/C=C\CCCCCCC. The van der Waals surface area contributed by atoms with Crippen molar-refractivity contribution < 1.29 is 28.6 Å². The molecular formula is C62H114O6. The van der Waals surface area contributed by atoms with Crippen LogP contribution in [0.5, 0.6) is 0 Å². The molecule has 1 unspecified atom stereocenters. The fourth-order valence-corrected chi connectivity index (χ4v) is 8.82. The van der Waals surface area contributed by atoms with E-state index in [1.54, 1.807) is 0 Å². The van der Waals surface area contributed by atoms with Crippen LogP contribution in [0.3, 0.4) is 0 Å². The van der Waals surface area contributed by atoms with E-state index < -0.39 is 6.10 Å². The normalized spacial score (nSPS) is 12.2. The number of unbranched alkanes of at least 4 members (excludes halogenated alkanes) is 38. The first-order valence-corrected chi connectivity index (χ1v) is 30.0. The van der Waals surface area contributed by atoms with E-state index in [9.17, 15) is 14.4 Å². The van der Waals surface area contributed by atoms with Crippen molar-refractivity contribution in [2.75, 3.05) is 13.2 Å². The van der Waals surface area contributed by atoms with E-state index in [1.165, 1.54) is 212 Å². The number of ether oxygens (including phenoxy) is 3. The van der Waals surface area contributed by atoms with Gasteiger partial charge in [0, 0.05) is 19.3 Å². The Bertz CT molecular complexity index is 1140. The summed E-state index contributed by atoms with van der Waals surface area (Å²) in [5.74, 6) is -0.867. The summed E-state index contributed by atoms with van der Waals surface area (Å²) in [4.78, 5) is 38.0. The van der Waals surface area contributed by atoms with Gasteiger partial charge in [0.25, 0.3) is 0 Å². The Balaban J connectivity index is 4.12. The van der Waals surface area contributed by atoms with Gasteiger partial charge in [-0.05, 0) is 77.0 Å². The molecule has 0 aromatic rings. The van der Waals surface area contributed by atoms with Crippen molar-refractivity contribution in [1.29, 1.82) is 0 Å². The second kappa shape index (κ2) is 57.2. The van der Waals surface area contributed by atoms with Crippen molar-refractivity contribution in [3.63, 3.8) is 0 Å². The van der Waals surface area contributed by atoms with Crippen molar-refractivity contribution in [2.24, 2.45) is 0 Å². The first kappa shape index (κ1) is 65.6. The van der Waals surface area contributed by atoms with E-state index in [-0.39, 0.29) is 31.1 Å². The molecule has 6 nitrogen and oxygen atoms in total. The zero-order valence-corrected chi connectivity index (χ0v) is 45.6. The standard InChI is InChI=1S/C62H114O6/c1-4-7-10-13-16-19-21-23-25-26-27-28-29-30-31-32-33-34-35-36-37-39-40-43-46-49-52-55-61(64)67-58-59(57-66-60(63)54-51-48-45-42-18-15-12-9-6-3)68-62(65)56-53-50-47-44-41-38-24-22-20-17-14-11-8-5-2/h21-24,26-27,59H,4-20,25,28-58H2,1-3H3/b23-21-,24-22-,27-26-. The zero-order chi connectivity index (χ0) is 49.3. The van der Waals surface area contributed by atoms with Crippen LogP contribution in [-0.2, 0) is 28.6 Å². The molecule has 0 saturated carbocycles. The van der Waals surface area contributed by atoms with Crippen molar-refractivity contribution >= 4 is 17.9 Å². The average molecular weight is 956 g/mol. The lowest BCUT2D eigenvalue weighted by atomic mass is 10.0. The topological polar surface area (TPSA) is 78.9 Å². The smallest absolute Gasteiger partial charge is 0.306 e. The highest BCUT2D eigenvalue weighted by Crippen LogP contribution is 2.16. The summed E-state index contributed by atoms with van der Waals surface area (Å²) in [5, 5.41) is 0. The third kappa shape index (κ3) is 54.6. The Morgan fingerprint density at radius 3 is 0.824 bits per heavy atom. The molecule has 0 fully saturated rings. The van der Waals surface area contributed by atoms with Crippen molar-refractivity contribution in [2.45, 2.75) is 329 Å². The molecular weight excluding hydrogens is 841 g/mol. The highest BCUT2D eigenvalue weighted by atomic mass is 16.6. The minimum absolute atomic E-state index is 0.0716. The van der Waals surface area contributed by atoms with Gasteiger partial charge >= 0.3 is 17.9 Å². The summed E-state index contributed by atoms with van der Waals surface area (Å²) in [6.45, 7) is 6.63. The molecule has 398 valence electrons. The maximum Gasteiger partial charge on any atom is 0.306 e. The Kier molecular flexibility index (Phi) is 55.2. The van der Waals surface area contributed by atoms with Crippen molar-refractivity contribution in [3.05, 3.63) is 36.5 Å². The predicted molar refractivity (Wildman–Crippen MR) is 293 cm³/mol. The third-order valence-electron chi connectivity index (χ3n) is 13.4. The lowest BCUT2D eigenvalue weighted by molar-refractivity contribution is -0.167. The van der Waals surface area contributed by atoms with Gasteiger partial charge in [-0.15, -0.1) is 0 Å². The molecule has 0 aromatic heterocycles. The molecule has 0 aliphatic heterocycles. The van der Waals surface area contributed by atoms with E-state index in [1.807, 2.05) is 0 Å². The highest BCUT2D eigenvalue weighted by Gasteiger charge is 2.19. The number of rotatable bonds is 55. The number of hydrogen-bond donors (Lipinski definition) is 0. The molecule has 0 spiro atoms. The number of carbonyl (C=O) groups is 3. The summed E-state index contributed by atoms with van der Waals surface area (Å²) in [5.41, 5.74) is 0. The van der Waals surface area contributed by atoms with E-state index in [2.05, 4.69) is 57.2 Å². The van der Waals surface area contributed by atoms with E-state index >= 15 is 0 Å². The lowest BCUT2D eigenvalue weighted by Gasteiger charge is -2.18. The molecule has 0 heterocycles. The molecule has 0 N–H and O–H groups in total. The molecule has 1 atom stereocenters. The summed E-state index contributed by atoms with van der Waals surface area (Å²) in [6.07, 6.45) is 68.7. The first-order valence-electron chi connectivity index (χ1n) is 30.0. The van der Waals surface area contributed by atoms with Crippen LogP contribution in [0.25, 0.3) is 0 Å². The summed E-state index contributed by atoms with van der Waals surface area (Å²) < 4.78 is 16.8. The Morgan fingerprint density at radius 1 is 0.294 bits per heavy atom. The second-order valence-electron chi connectivity index (χ2n) is 20.3. The lowest BCUT2D eigenvalue weighted by Crippen LogP contribution is -2.30. The van der Waals surface area contributed by atoms with Gasteiger partial charge in [0.05, 0.1) is 0 Å². The van der Waals surface area contributed by atoms with Crippen LogP contribution < -0.4 is 0 Å². The fourth-order valence-electron chi connectivity index (χ4n) is 8.82. The molecule has 0 aliphatic carbocycles. The second-order valence-corrected chi connectivity index (χ2v) is 20.3. The van der Waals surface area contributed by atoms with Gasteiger partial charge in [0.15, 0.2) is 6.10 Å². The van der Waals surface area contributed by atoms with Crippen LogP contribution >= 0.6 is 0 Å². The Morgan fingerprint density at radius 2 is 0.529 bits per heavy atom. The van der Waals surface area contributed by atoms with Crippen LogP contribution in [0.2, 0.25) is 0 Å². The molecule has 0 bridgehead atoms. The van der Waals surface area contributed by atoms with Crippen LogP contribution in [0.1, 0.15) is 323 Å². The maximum atomic E-state index is 12.8. The van der Waals surface area contributed by atoms with Crippen molar-refractivity contribution in [3.8, 4) is 0 Å². The molecule has 0 aromatic carbocycles. The van der Waals surface area contributed by atoms with E-state index in [4.69, 9.17) is 14.2 Å². The average Bonchev–Trinajstić information content (AvgIpc) is 3.34. The zero-order valence-electron chi connectivity index (χ0n) is 45.6. The number of carbonyl (C=O) groups excluding carboxylic acids is 3. The number of esters is 3. The molecule has 6 heteroatoms. The molecule has 0 radical (unpaired) electrons. The van der Waals surface area contributed by atoms with Crippen LogP contribution in [0.15, 0.2) is 36.5 Å². The van der Waals surface area contributed by atoms with E-state index in [0.717, 1.165) is 70.6 Å². The largest absolute Gasteiger partial charge is 0.462 e. The minimum atomic E-state index is -0.771. The highest BCUT2D eigenvalue weighted by molar-refractivity contribution is 5.71. The van der Waals surface area contributed by atoms with Gasteiger partial charge < -0.3 is 14.2 Å².